The van der Waals surface area contributed by atoms with E-state index < -0.39 is 0 Å². The van der Waals surface area contributed by atoms with Gasteiger partial charge >= 0.3 is 0 Å². The van der Waals surface area contributed by atoms with E-state index in [0.29, 0.717) is 5.11 Å². The predicted octanol–water partition coefficient (Wildman–Crippen LogP) is 4.19. The van der Waals surface area contributed by atoms with Crippen molar-refractivity contribution in [2.24, 2.45) is 0 Å². The second-order valence-electron chi connectivity index (χ2n) is 6.89. The van der Waals surface area contributed by atoms with E-state index in [4.69, 9.17) is 17.0 Å². The highest BCUT2D eigenvalue weighted by Crippen LogP contribution is 2.20. The highest BCUT2D eigenvalue weighted by atomic mass is 32.1. The normalized spacial score (nSPS) is 15.4. The first-order chi connectivity index (χ1) is 12.5. The predicted molar refractivity (Wildman–Crippen MR) is 113 cm³/mol. The molecule has 0 radical (unpaired) electrons. The Kier molecular flexibility index (Phi) is 6.12. The summed E-state index contributed by atoms with van der Waals surface area (Å²) in [6, 6.07) is 15.2. The minimum absolute atomic E-state index is 0.139. The first-order valence-electron chi connectivity index (χ1n) is 9.10. The first kappa shape index (κ1) is 18.7. The summed E-state index contributed by atoms with van der Waals surface area (Å²) in [4.78, 5) is 2.36. The molecule has 0 saturated carbocycles. The lowest BCUT2D eigenvalue weighted by atomic mass is 10.1. The van der Waals surface area contributed by atoms with E-state index in [1.54, 1.807) is 0 Å². The molecule has 0 aliphatic carbocycles. The van der Waals surface area contributed by atoms with Crippen LogP contribution in [0, 0.1) is 13.8 Å². The summed E-state index contributed by atoms with van der Waals surface area (Å²) in [6.45, 7) is 9.82. The van der Waals surface area contributed by atoms with Crippen molar-refractivity contribution >= 4 is 28.7 Å². The molecule has 1 fully saturated rings. The van der Waals surface area contributed by atoms with Crippen LogP contribution in [0.2, 0.25) is 0 Å². The standard InChI is InChI=1S/C21H27N3OS/c1-15-12-16(2)14-19(13-15)23-21(26)22-17(3)18-4-6-20(7-5-18)24-8-10-25-11-9-24/h4-7,12-14,17H,8-11H2,1-3H3,(H2,22,23,26)/t17-/m1/s1. The van der Waals surface area contributed by atoms with Gasteiger partial charge in [-0.1, -0.05) is 18.2 Å². The van der Waals surface area contributed by atoms with Crippen molar-refractivity contribution in [3.05, 3.63) is 59.2 Å². The summed E-state index contributed by atoms with van der Waals surface area (Å²) in [5, 5.41) is 7.29. The number of ether oxygens (including phenoxy) is 1. The Morgan fingerprint density at radius 2 is 1.65 bits per heavy atom. The Balaban J connectivity index is 1.58. The lowest BCUT2D eigenvalue weighted by molar-refractivity contribution is 0.122. The number of nitrogens with one attached hydrogen (secondary N) is 2. The van der Waals surface area contributed by atoms with Gasteiger partial charge in [0.1, 0.15) is 0 Å². The molecular formula is C21H27N3OS. The molecule has 0 spiro atoms. The van der Waals surface area contributed by atoms with Crippen LogP contribution in [0.1, 0.15) is 29.7 Å². The fourth-order valence-corrected chi connectivity index (χ4v) is 3.58. The number of rotatable bonds is 4. The summed E-state index contributed by atoms with van der Waals surface area (Å²) in [5.74, 6) is 0. The van der Waals surface area contributed by atoms with Gasteiger partial charge in [-0.05, 0) is 73.9 Å². The second-order valence-corrected chi connectivity index (χ2v) is 7.30. The Morgan fingerprint density at radius 3 is 2.27 bits per heavy atom. The molecule has 0 bridgehead atoms. The van der Waals surface area contributed by atoms with E-state index in [1.807, 2.05) is 0 Å². The first-order valence-corrected chi connectivity index (χ1v) is 9.50. The summed E-state index contributed by atoms with van der Waals surface area (Å²) in [5.41, 5.74) is 5.94. The fourth-order valence-electron chi connectivity index (χ4n) is 3.29. The minimum atomic E-state index is 0.139. The van der Waals surface area contributed by atoms with Crippen LogP contribution in [0.25, 0.3) is 0 Å². The van der Waals surface area contributed by atoms with E-state index in [1.165, 1.54) is 22.4 Å². The quantitative estimate of drug-likeness (QED) is 0.791. The number of hydrogen-bond acceptors (Lipinski definition) is 3. The topological polar surface area (TPSA) is 36.5 Å². The molecule has 26 heavy (non-hydrogen) atoms. The maximum atomic E-state index is 5.48. The largest absolute Gasteiger partial charge is 0.378 e. The maximum Gasteiger partial charge on any atom is 0.171 e. The zero-order chi connectivity index (χ0) is 18.5. The molecule has 0 amide bonds. The van der Waals surface area contributed by atoms with Crippen molar-refractivity contribution in [2.45, 2.75) is 26.8 Å². The average Bonchev–Trinajstić information content (AvgIpc) is 2.61. The molecule has 1 heterocycles. The molecule has 0 aromatic heterocycles. The number of hydrogen-bond donors (Lipinski definition) is 2. The van der Waals surface area contributed by atoms with Gasteiger partial charge in [0.05, 0.1) is 19.3 Å². The third-order valence-electron chi connectivity index (χ3n) is 4.60. The Bertz CT molecular complexity index is 734. The van der Waals surface area contributed by atoms with Crippen molar-refractivity contribution in [3.63, 3.8) is 0 Å². The molecule has 1 saturated heterocycles. The smallest absolute Gasteiger partial charge is 0.171 e. The molecule has 1 aliphatic heterocycles. The third kappa shape index (κ3) is 4.96. The van der Waals surface area contributed by atoms with Crippen LogP contribution in [-0.4, -0.2) is 31.4 Å². The van der Waals surface area contributed by atoms with Crippen LogP contribution < -0.4 is 15.5 Å². The zero-order valence-corrected chi connectivity index (χ0v) is 16.5. The van der Waals surface area contributed by atoms with E-state index in [9.17, 15) is 0 Å². The van der Waals surface area contributed by atoms with Crippen LogP contribution in [0.3, 0.4) is 0 Å². The van der Waals surface area contributed by atoms with Gasteiger partial charge in [0.15, 0.2) is 5.11 Å². The highest BCUT2D eigenvalue weighted by molar-refractivity contribution is 7.80. The van der Waals surface area contributed by atoms with Crippen molar-refractivity contribution in [1.29, 1.82) is 0 Å². The lowest BCUT2D eigenvalue weighted by Gasteiger charge is -2.29. The summed E-state index contributed by atoms with van der Waals surface area (Å²) >= 11 is 5.48. The van der Waals surface area contributed by atoms with Gasteiger partial charge in [-0.2, -0.15) is 0 Å². The highest BCUT2D eigenvalue weighted by Gasteiger charge is 2.12. The molecule has 4 nitrogen and oxygen atoms in total. The Hall–Kier alpha value is -2.11. The molecule has 138 valence electrons. The zero-order valence-electron chi connectivity index (χ0n) is 15.7. The fraction of sp³-hybridized carbons (Fsp3) is 0.381. The monoisotopic (exact) mass is 369 g/mol. The molecule has 0 unspecified atom stereocenters. The Labute approximate surface area is 161 Å². The molecule has 2 aromatic carbocycles. The minimum Gasteiger partial charge on any atom is -0.378 e. The van der Waals surface area contributed by atoms with E-state index in [2.05, 4.69) is 78.8 Å². The van der Waals surface area contributed by atoms with Crippen molar-refractivity contribution in [1.82, 2.24) is 5.32 Å². The van der Waals surface area contributed by atoms with E-state index >= 15 is 0 Å². The molecule has 1 aliphatic rings. The number of aryl methyl sites for hydroxylation is 2. The van der Waals surface area contributed by atoms with Crippen LogP contribution in [-0.2, 0) is 4.74 Å². The number of benzene rings is 2. The molecular weight excluding hydrogens is 342 g/mol. The van der Waals surface area contributed by atoms with Gasteiger partial charge in [0, 0.05) is 24.5 Å². The van der Waals surface area contributed by atoms with Gasteiger partial charge in [-0.15, -0.1) is 0 Å². The van der Waals surface area contributed by atoms with Crippen molar-refractivity contribution < 1.29 is 4.74 Å². The summed E-state index contributed by atoms with van der Waals surface area (Å²) in [7, 11) is 0. The van der Waals surface area contributed by atoms with Gasteiger partial charge in [0.2, 0.25) is 0 Å². The molecule has 2 aromatic rings. The number of thiocarbonyl (C=S) groups is 1. The summed E-state index contributed by atoms with van der Waals surface area (Å²) < 4.78 is 5.42. The number of anilines is 2. The van der Waals surface area contributed by atoms with E-state index in [0.717, 1.165) is 32.0 Å². The number of morpholine rings is 1. The summed E-state index contributed by atoms with van der Waals surface area (Å²) in [6.07, 6.45) is 0. The third-order valence-corrected chi connectivity index (χ3v) is 4.82. The van der Waals surface area contributed by atoms with Crippen molar-refractivity contribution in [2.75, 3.05) is 36.5 Å². The van der Waals surface area contributed by atoms with Crippen LogP contribution in [0.5, 0.6) is 0 Å². The van der Waals surface area contributed by atoms with Gasteiger partial charge < -0.3 is 20.3 Å². The molecule has 1 atom stereocenters. The van der Waals surface area contributed by atoms with Crippen molar-refractivity contribution in [3.8, 4) is 0 Å². The van der Waals surface area contributed by atoms with Gasteiger partial charge in [-0.25, -0.2) is 0 Å². The molecule has 5 heteroatoms. The SMILES string of the molecule is Cc1cc(C)cc(NC(=S)N[C@H](C)c2ccc(N3CCOCC3)cc2)c1. The number of nitrogens with zero attached hydrogens (tertiary/aromatic N) is 1. The Morgan fingerprint density at radius 1 is 1.04 bits per heavy atom. The van der Waals surface area contributed by atoms with Gasteiger partial charge in [-0.3, -0.25) is 0 Å². The molecule has 2 N–H and O–H groups in total. The van der Waals surface area contributed by atoms with E-state index in [-0.39, 0.29) is 6.04 Å². The van der Waals surface area contributed by atoms with Gasteiger partial charge in [0.25, 0.3) is 0 Å². The van der Waals surface area contributed by atoms with Crippen LogP contribution in [0.15, 0.2) is 42.5 Å². The average molecular weight is 370 g/mol. The lowest BCUT2D eigenvalue weighted by Crippen LogP contribution is -2.36. The van der Waals surface area contributed by atoms with Crippen LogP contribution >= 0.6 is 12.2 Å². The molecule has 3 rings (SSSR count). The second kappa shape index (κ2) is 8.52. The maximum absolute atomic E-state index is 5.48. The van der Waals surface area contributed by atoms with Crippen LogP contribution in [0.4, 0.5) is 11.4 Å².